The zero-order valence-corrected chi connectivity index (χ0v) is 11.9. The highest BCUT2D eigenvalue weighted by atomic mass is 32.2. The average Bonchev–Trinajstić information content (AvgIpc) is 2.59. The molecule has 1 aliphatic rings. The van der Waals surface area contributed by atoms with Gasteiger partial charge in [0.15, 0.2) is 9.84 Å². The lowest BCUT2D eigenvalue weighted by atomic mass is 10.1. The van der Waals surface area contributed by atoms with Gasteiger partial charge in [-0.25, -0.2) is 12.8 Å². The van der Waals surface area contributed by atoms with Gasteiger partial charge in [-0.05, 0) is 32.0 Å². The van der Waals surface area contributed by atoms with E-state index in [-0.39, 0.29) is 23.5 Å². The first-order valence-electron chi connectivity index (χ1n) is 6.11. The van der Waals surface area contributed by atoms with Crippen molar-refractivity contribution in [3.63, 3.8) is 0 Å². The number of hydrogen-bond acceptors (Lipinski definition) is 4. The minimum Gasteiger partial charge on any atom is -0.304 e. The van der Waals surface area contributed by atoms with Gasteiger partial charge in [0, 0.05) is 6.54 Å². The van der Waals surface area contributed by atoms with Crippen molar-refractivity contribution in [1.29, 1.82) is 0 Å². The van der Waals surface area contributed by atoms with Gasteiger partial charge in [-0.15, -0.1) is 0 Å². The lowest BCUT2D eigenvalue weighted by Gasteiger charge is -2.17. The number of halogens is 1. The van der Waals surface area contributed by atoms with E-state index >= 15 is 0 Å². The summed E-state index contributed by atoms with van der Waals surface area (Å²) in [6, 6.07) is 3.40. The maximum Gasteiger partial charge on any atom is 0.299 e. The number of hydrogen-bond donors (Lipinski definition) is 0. The van der Waals surface area contributed by atoms with E-state index < -0.39 is 32.6 Å². The van der Waals surface area contributed by atoms with E-state index in [9.17, 15) is 22.4 Å². The predicted octanol–water partition coefficient (Wildman–Crippen LogP) is 1.18. The molecule has 20 heavy (non-hydrogen) atoms. The fourth-order valence-electron chi connectivity index (χ4n) is 1.94. The van der Waals surface area contributed by atoms with Crippen molar-refractivity contribution in [2.75, 3.05) is 17.2 Å². The van der Waals surface area contributed by atoms with Crippen LogP contribution in [-0.2, 0) is 14.6 Å². The smallest absolute Gasteiger partial charge is 0.299 e. The molecule has 0 N–H and O–H groups in total. The summed E-state index contributed by atoms with van der Waals surface area (Å²) in [4.78, 5) is 24.6. The topological polar surface area (TPSA) is 71.5 Å². The van der Waals surface area contributed by atoms with Crippen molar-refractivity contribution >= 4 is 27.2 Å². The van der Waals surface area contributed by atoms with Crippen molar-refractivity contribution in [1.82, 2.24) is 0 Å². The molecule has 1 aromatic carbocycles. The largest absolute Gasteiger partial charge is 0.304 e. The molecule has 7 heteroatoms. The number of amides is 1. The van der Waals surface area contributed by atoms with Crippen LogP contribution >= 0.6 is 0 Å². The third-order valence-electron chi connectivity index (χ3n) is 3.25. The van der Waals surface area contributed by atoms with Gasteiger partial charge >= 0.3 is 0 Å². The van der Waals surface area contributed by atoms with Crippen molar-refractivity contribution in [2.45, 2.75) is 19.1 Å². The minimum atomic E-state index is -3.34. The molecule has 108 valence electrons. The summed E-state index contributed by atoms with van der Waals surface area (Å²) in [5.41, 5.74) is 0.248. The molecule has 0 fully saturated rings. The van der Waals surface area contributed by atoms with Gasteiger partial charge in [-0.2, -0.15) is 0 Å². The van der Waals surface area contributed by atoms with Gasteiger partial charge in [0.2, 0.25) is 0 Å². The van der Waals surface area contributed by atoms with Crippen molar-refractivity contribution in [3.8, 4) is 0 Å². The first-order valence-corrected chi connectivity index (χ1v) is 7.83. The molecule has 0 aromatic heterocycles. The van der Waals surface area contributed by atoms with Crippen LogP contribution < -0.4 is 4.90 Å². The van der Waals surface area contributed by atoms with Crippen molar-refractivity contribution in [3.05, 3.63) is 29.6 Å². The van der Waals surface area contributed by atoms with Crippen LogP contribution in [-0.4, -0.2) is 37.7 Å². The molecule has 0 saturated carbocycles. The summed E-state index contributed by atoms with van der Waals surface area (Å²) >= 11 is 0. The Morgan fingerprint density at radius 2 is 1.90 bits per heavy atom. The highest BCUT2D eigenvalue weighted by Crippen LogP contribution is 2.29. The molecule has 0 bridgehead atoms. The zero-order chi connectivity index (χ0) is 15.1. The molecule has 0 spiro atoms. The number of ketones is 1. The van der Waals surface area contributed by atoms with Crippen LogP contribution in [0.5, 0.6) is 0 Å². The van der Waals surface area contributed by atoms with Gasteiger partial charge in [-0.3, -0.25) is 9.59 Å². The summed E-state index contributed by atoms with van der Waals surface area (Å²) in [7, 11) is -3.34. The maximum absolute atomic E-state index is 13.2. The fourth-order valence-corrected chi connectivity index (χ4v) is 2.85. The Kier molecular flexibility index (Phi) is 3.64. The van der Waals surface area contributed by atoms with Gasteiger partial charge in [0.05, 0.1) is 22.3 Å². The molecule has 1 aliphatic heterocycles. The van der Waals surface area contributed by atoms with E-state index in [1.165, 1.54) is 6.07 Å². The van der Waals surface area contributed by atoms with Crippen LogP contribution in [0.3, 0.4) is 0 Å². The van der Waals surface area contributed by atoms with Gasteiger partial charge in [0.1, 0.15) is 5.82 Å². The summed E-state index contributed by atoms with van der Waals surface area (Å²) in [5, 5.41) is -0.567. The number of sulfone groups is 1. The van der Waals surface area contributed by atoms with E-state index in [0.29, 0.717) is 0 Å². The molecule has 1 amide bonds. The number of anilines is 1. The third-order valence-corrected chi connectivity index (χ3v) is 5.44. The van der Waals surface area contributed by atoms with E-state index in [2.05, 4.69) is 0 Å². The lowest BCUT2D eigenvalue weighted by molar-refractivity contribution is -0.114. The Morgan fingerprint density at radius 3 is 2.50 bits per heavy atom. The second kappa shape index (κ2) is 4.97. The number of nitrogens with zero attached hydrogens (tertiary/aromatic N) is 1. The Hall–Kier alpha value is -1.76. The Bertz CT molecular complexity index is 682. The van der Waals surface area contributed by atoms with Crippen molar-refractivity contribution < 1.29 is 22.4 Å². The second-order valence-electron chi connectivity index (χ2n) is 4.86. The van der Waals surface area contributed by atoms with E-state index in [1.54, 1.807) is 13.8 Å². The molecular weight excluding hydrogens is 285 g/mol. The summed E-state index contributed by atoms with van der Waals surface area (Å²) in [5.74, 6) is -2.39. The SMILES string of the molecule is CC(C)S(=O)(=O)CCN1C(=O)C(=O)c2ccc(F)cc21. The standard InChI is InChI=1S/C13H14FNO4S/c1-8(2)20(18,19)6-5-15-11-7-9(14)3-4-10(11)12(16)13(15)17/h3-4,7-8H,5-6H2,1-2H3. The summed E-state index contributed by atoms with van der Waals surface area (Å²) in [6.07, 6.45) is 0. The summed E-state index contributed by atoms with van der Waals surface area (Å²) < 4.78 is 36.7. The predicted molar refractivity (Wildman–Crippen MR) is 72.0 cm³/mol. The fraction of sp³-hybridized carbons (Fsp3) is 0.385. The lowest BCUT2D eigenvalue weighted by Crippen LogP contribution is -2.35. The Morgan fingerprint density at radius 1 is 1.25 bits per heavy atom. The highest BCUT2D eigenvalue weighted by Gasteiger charge is 2.36. The zero-order valence-electron chi connectivity index (χ0n) is 11.1. The molecular formula is C13H14FNO4S. The van der Waals surface area contributed by atoms with E-state index in [0.717, 1.165) is 17.0 Å². The molecule has 1 heterocycles. The monoisotopic (exact) mass is 299 g/mol. The highest BCUT2D eigenvalue weighted by molar-refractivity contribution is 7.92. The third kappa shape index (κ3) is 2.45. The number of benzene rings is 1. The van der Waals surface area contributed by atoms with E-state index in [4.69, 9.17) is 0 Å². The molecule has 1 aromatic rings. The molecule has 2 rings (SSSR count). The van der Waals surface area contributed by atoms with Crippen LogP contribution in [0.1, 0.15) is 24.2 Å². The van der Waals surface area contributed by atoms with E-state index in [1.807, 2.05) is 0 Å². The number of carbonyl (C=O) groups is 2. The minimum absolute atomic E-state index is 0.110. The van der Waals surface area contributed by atoms with Crippen LogP contribution in [0, 0.1) is 5.82 Å². The molecule has 0 unspecified atom stereocenters. The second-order valence-corrected chi connectivity index (χ2v) is 7.54. The Labute approximate surface area is 116 Å². The number of Topliss-reactive ketones (excluding diaryl/α,β-unsaturated/α-hetero) is 1. The average molecular weight is 299 g/mol. The van der Waals surface area contributed by atoms with Gasteiger partial charge in [-0.1, -0.05) is 0 Å². The van der Waals surface area contributed by atoms with Gasteiger partial charge < -0.3 is 4.90 Å². The molecule has 0 saturated heterocycles. The van der Waals surface area contributed by atoms with Crippen LogP contribution in [0.15, 0.2) is 18.2 Å². The van der Waals surface area contributed by atoms with Crippen LogP contribution in [0.4, 0.5) is 10.1 Å². The quantitative estimate of drug-likeness (QED) is 0.783. The molecule has 0 radical (unpaired) electrons. The first kappa shape index (κ1) is 14.6. The van der Waals surface area contributed by atoms with Crippen LogP contribution in [0.25, 0.3) is 0 Å². The maximum atomic E-state index is 13.2. The number of fused-ring (bicyclic) bond motifs is 1. The summed E-state index contributed by atoms with van der Waals surface area (Å²) in [6.45, 7) is 2.93. The van der Waals surface area contributed by atoms with Crippen molar-refractivity contribution in [2.24, 2.45) is 0 Å². The normalized spacial score (nSPS) is 15.1. The Balaban J connectivity index is 2.29. The van der Waals surface area contributed by atoms with Crippen LogP contribution in [0.2, 0.25) is 0 Å². The van der Waals surface area contributed by atoms with Gasteiger partial charge in [0.25, 0.3) is 11.7 Å². The first-order chi connectivity index (χ1) is 9.24. The molecule has 0 atom stereocenters. The number of rotatable bonds is 4. The number of carbonyl (C=O) groups excluding carboxylic acids is 2. The molecule has 0 aliphatic carbocycles. The molecule has 5 nitrogen and oxygen atoms in total.